The summed E-state index contributed by atoms with van der Waals surface area (Å²) in [5.41, 5.74) is -0.217. The van der Waals surface area contributed by atoms with Crippen LogP contribution in [-0.4, -0.2) is 15.3 Å². The molecular weight excluding hydrogens is 214 g/mol. The highest BCUT2D eigenvalue weighted by atomic mass is 19.1. The molecule has 16 heavy (non-hydrogen) atoms. The maximum atomic E-state index is 13.3. The van der Waals surface area contributed by atoms with Gasteiger partial charge in [-0.15, -0.1) is 0 Å². The van der Waals surface area contributed by atoms with Gasteiger partial charge in [-0.2, -0.15) is 0 Å². The predicted molar refractivity (Wildman–Crippen MR) is 53.0 cm³/mol. The molecule has 82 valence electrons. The average molecular weight is 222 g/mol. The molecule has 0 saturated carbocycles. The third-order valence-electron chi connectivity index (χ3n) is 2.11. The summed E-state index contributed by atoms with van der Waals surface area (Å²) in [4.78, 5) is 15.5. The Morgan fingerprint density at radius 2 is 2.12 bits per heavy atom. The molecular formula is C11H8F2N2O. The molecule has 0 atom stereocenters. The van der Waals surface area contributed by atoms with Crippen LogP contribution >= 0.6 is 0 Å². The Bertz CT molecular complexity index is 549. The molecule has 0 fully saturated rings. The number of benzene rings is 1. The van der Waals surface area contributed by atoms with Crippen LogP contribution in [0.5, 0.6) is 0 Å². The van der Waals surface area contributed by atoms with Crippen LogP contribution in [0.25, 0.3) is 0 Å². The molecule has 3 nitrogen and oxygen atoms in total. The normalized spacial score (nSPS) is 10.4. The van der Waals surface area contributed by atoms with Crippen LogP contribution in [0.3, 0.4) is 0 Å². The maximum absolute atomic E-state index is 13.3. The van der Waals surface area contributed by atoms with E-state index in [1.54, 1.807) is 11.6 Å². The molecule has 1 aromatic heterocycles. The second-order valence-corrected chi connectivity index (χ2v) is 3.38. The van der Waals surface area contributed by atoms with Crippen LogP contribution in [0.1, 0.15) is 16.1 Å². The molecule has 5 heteroatoms. The summed E-state index contributed by atoms with van der Waals surface area (Å²) in [6, 6.07) is 2.75. The number of carbonyl (C=O) groups excluding carboxylic acids is 1. The first kappa shape index (κ1) is 10.5. The summed E-state index contributed by atoms with van der Waals surface area (Å²) in [5.74, 6) is -2.03. The number of nitrogens with zero attached hydrogens (tertiary/aromatic N) is 2. The predicted octanol–water partition coefficient (Wildman–Crippen LogP) is 1.93. The fourth-order valence-corrected chi connectivity index (χ4v) is 1.34. The van der Waals surface area contributed by atoms with Gasteiger partial charge >= 0.3 is 0 Å². The molecule has 0 aliphatic rings. The topological polar surface area (TPSA) is 34.9 Å². The van der Waals surface area contributed by atoms with E-state index < -0.39 is 17.4 Å². The minimum absolute atomic E-state index is 0.0898. The SMILES string of the molecule is Cn1cnc(C(=O)c2cc(F)ccc2F)c1. The Balaban J connectivity index is 2.45. The summed E-state index contributed by atoms with van der Waals surface area (Å²) in [6.07, 6.45) is 2.87. The Hall–Kier alpha value is -2.04. The minimum Gasteiger partial charge on any atom is -0.340 e. The lowest BCUT2D eigenvalue weighted by atomic mass is 10.1. The molecule has 0 saturated heterocycles. The highest BCUT2D eigenvalue weighted by molar-refractivity contribution is 6.07. The van der Waals surface area contributed by atoms with Gasteiger partial charge in [0.05, 0.1) is 11.9 Å². The highest BCUT2D eigenvalue weighted by Gasteiger charge is 2.16. The Morgan fingerprint density at radius 3 is 2.75 bits per heavy atom. The van der Waals surface area contributed by atoms with E-state index in [4.69, 9.17) is 0 Å². The zero-order valence-corrected chi connectivity index (χ0v) is 8.45. The number of hydrogen-bond donors (Lipinski definition) is 0. The summed E-state index contributed by atoms with van der Waals surface area (Å²) >= 11 is 0. The number of rotatable bonds is 2. The largest absolute Gasteiger partial charge is 0.340 e. The molecule has 0 aliphatic heterocycles. The van der Waals surface area contributed by atoms with Crippen molar-refractivity contribution in [3.05, 3.63) is 53.6 Å². The van der Waals surface area contributed by atoms with Crippen molar-refractivity contribution in [1.82, 2.24) is 9.55 Å². The van der Waals surface area contributed by atoms with Gasteiger partial charge in [-0.1, -0.05) is 0 Å². The fourth-order valence-electron chi connectivity index (χ4n) is 1.34. The standard InChI is InChI=1S/C11H8F2N2O/c1-15-5-10(14-6-15)11(16)8-4-7(12)2-3-9(8)13/h2-6H,1H3. The molecule has 2 aromatic rings. The number of ketones is 1. The number of aryl methyl sites for hydroxylation is 1. The summed E-state index contributed by atoms with van der Waals surface area (Å²) in [5, 5.41) is 0. The first-order valence-corrected chi connectivity index (χ1v) is 4.55. The van der Waals surface area contributed by atoms with Crippen molar-refractivity contribution in [3.63, 3.8) is 0 Å². The maximum Gasteiger partial charge on any atom is 0.215 e. The van der Waals surface area contributed by atoms with Gasteiger partial charge in [0.1, 0.15) is 17.3 Å². The van der Waals surface area contributed by atoms with Crippen molar-refractivity contribution >= 4 is 5.78 Å². The monoisotopic (exact) mass is 222 g/mol. The van der Waals surface area contributed by atoms with E-state index in [1.165, 1.54) is 12.5 Å². The van der Waals surface area contributed by atoms with Gasteiger partial charge < -0.3 is 4.57 Å². The van der Waals surface area contributed by atoms with Crippen molar-refractivity contribution in [2.75, 3.05) is 0 Å². The average Bonchev–Trinajstić information content (AvgIpc) is 2.67. The van der Waals surface area contributed by atoms with Crippen LogP contribution in [0.15, 0.2) is 30.7 Å². The highest BCUT2D eigenvalue weighted by Crippen LogP contribution is 2.13. The third-order valence-corrected chi connectivity index (χ3v) is 2.11. The first-order valence-electron chi connectivity index (χ1n) is 4.55. The zero-order valence-electron chi connectivity index (χ0n) is 8.45. The second-order valence-electron chi connectivity index (χ2n) is 3.38. The van der Waals surface area contributed by atoms with Gasteiger partial charge in [-0.25, -0.2) is 13.8 Å². The molecule has 0 N–H and O–H groups in total. The van der Waals surface area contributed by atoms with Gasteiger partial charge in [-0.3, -0.25) is 4.79 Å². The number of aromatic nitrogens is 2. The van der Waals surface area contributed by atoms with E-state index in [2.05, 4.69) is 4.98 Å². The molecule has 1 aromatic carbocycles. The van der Waals surface area contributed by atoms with E-state index in [9.17, 15) is 13.6 Å². The van der Waals surface area contributed by atoms with Crippen LogP contribution in [0.2, 0.25) is 0 Å². The van der Waals surface area contributed by atoms with E-state index >= 15 is 0 Å². The smallest absolute Gasteiger partial charge is 0.215 e. The molecule has 0 radical (unpaired) electrons. The van der Waals surface area contributed by atoms with Crippen LogP contribution in [0.4, 0.5) is 8.78 Å². The molecule has 1 heterocycles. The molecule has 0 spiro atoms. The summed E-state index contributed by atoms with van der Waals surface area (Å²) in [7, 11) is 1.69. The number of carbonyl (C=O) groups is 1. The van der Waals surface area contributed by atoms with E-state index in [0.29, 0.717) is 0 Å². The quantitative estimate of drug-likeness (QED) is 0.728. The lowest BCUT2D eigenvalue weighted by Crippen LogP contribution is -2.05. The van der Waals surface area contributed by atoms with Crippen molar-refractivity contribution in [1.29, 1.82) is 0 Å². The molecule has 0 bridgehead atoms. The van der Waals surface area contributed by atoms with Crippen LogP contribution in [-0.2, 0) is 7.05 Å². The van der Waals surface area contributed by atoms with Crippen molar-refractivity contribution < 1.29 is 13.6 Å². The van der Waals surface area contributed by atoms with Crippen molar-refractivity contribution in [2.24, 2.45) is 7.05 Å². The Morgan fingerprint density at radius 1 is 1.38 bits per heavy atom. The van der Waals surface area contributed by atoms with Crippen molar-refractivity contribution in [3.8, 4) is 0 Å². The molecule has 0 amide bonds. The van der Waals surface area contributed by atoms with Gasteiger partial charge in [0.2, 0.25) is 5.78 Å². The lowest BCUT2D eigenvalue weighted by molar-refractivity contribution is 0.103. The number of imidazole rings is 1. The number of halogens is 2. The second kappa shape index (κ2) is 3.84. The van der Waals surface area contributed by atoms with E-state index in [-0.39, 0.29) is 11.3 Å². The third kappa shape index (κ3) is 1.84. The minimum atomic E-state index is -0.753. The molecule has 0 aliphatic carbocycles. The number of hydrogen-bond acceptors (Lipinski definition) is 2. The Labute approximate surface area is 90.3 Å². The zero-order chi connectivity index (χ0) is 11.7. The van der Waals surface area contributed by atoms with Gasteiger partial charge in [-0.05, 0) is 18.2 Å². The van der Waals surface area contributed by atoms with Crippen molar-refractivity contribution in [2.45, 2.75) is 0 Å². The Kier molecular flexibility index (Phi) is 2.52. The summed E-state index contributed by atoms with van der Waals surface area (Å²) < 4.78 is 27.7. The van der Waals surface area contributed by atoms with Crippen LogP contribution in [0, 0.1) is 11.6 Å². The molecule has 2 rings (SSSR count). The molecule has 0 unspecified atom stereocenters. The van der Waals surface area contributed by atoms with Crippen LogP contribution < -0.4 is 0 Å². The van der Waals surface area contributed by atoms with Gasteiger partial charge in [0.25, 0.3) is 0 Å². The van der Waals surface area contributed by atoms with E-state index in [0.717, 1.165) is 18.2 Å². The van der Waals surface area contributed by atoms with Gasteiger partial charge in [0.15, 0.2) is 0 Å². The van der Waals surface area contributed by atoms with E-state index in [1.807, 2.05) is 0 Å². The fraction of sp³-hybridized carbons (Fsp3) is 0.0909. The lowest BCUT2D eigenvalue weighted by Gasteiger charge is -1.99. The summed E-state index contributed by atoms with van der Waals surface area (Å²) in [6.45, 7) is 0. The first-order chi connectivity index (χ1) is 7.58. The van der Waals surface area contributed by atoms with Gasteiger partial charge in [0, 0.05) is 13.2 Å².